The number of methoxy groups -OCH3 is 1. The second-order valence-corrected chi connectivity index (χ2v) is 5.38. The normalized spacial score (nSPS) is 21.3. The standard InChI is InChI=1S/C13H24N2O4/c1-9(2)11(8-19-3)14-13(18)15-6-4-5-10(7-15)12(16)17/h9-11H,4-8H2,1-3H3,(H,14,18)(H,16,17)/t10-,11?/m0/s1. The van der Waals surface area contributed by atoms with Gasteiger partial charge < -0.3 is 20.1 Å². The Morgan fingerprint density at radius 2 is 2.16 bits per heavy atom. The summed E-state index contributed by atoms with van der Waals surface area (Å²) in [6.07, 6.45) is 1.38. The molecular formula is C13H24N2O4. The maximum absolute atomic E-state index is 12.1. The number of aliphatic carboxylic acids is 1. The third kappa shape index (κ3) is 4.70. The van der Waals surface area contributed by atoms with E-state index in [9.17, 15) is 9.59 Å². The summed E-state index contributed by atoms with van der Waals surface area (Å²) in [7, 11) is 1.60. The molecule has 1 rings (SSSR count). The molecule has 6 heteroatoms. The highest BCUT2D eigenvalue weighted by atomic mass is 16.5. The zero-order valence-corrected chi connectivity index (χ0v) is 11.9. The van der Waals surface area contributed by atoms with Crippen LogP contribution in [0.1, 0.15) is 26.7 Å². The van der Waals surface area contributed by atoms with Gasteiger partial charge in [0.25, 0.3) is 0 Å². The Bertz CT molecular complexity index is 320. The number of hydrogen-bond acceptors (Lipinski definition) is 3. The largest absolute Gasteiger partial charge is 0.481 e. The van der Waals surface area contributed by atoms with E-state index in [1.165, 1.54) is 0 Å². The van der Waals surface area contributed by atoms with Crippen LogP contribution in [0, 0.1) is 11.8 Å². The van der Waals surface area contributed by atoms with Crippen LogP contribution in [-0.4, -0.2) is 54.9 Å². The summed E-state index contributed by atoms with van der Waals surface area (Å²) in [4.78, 5) is 24.7. The van der Waals surface area contributed by atoms with Crippen molar-refractivity contribution in [1.82, 2.24) is 10.2 Å². The van der Waals surface area contributed by atoms with Crippen LogP contribution in [0.25, 0.3) is 0 Å². The highest BCUT2D eigenvalue weighted by molar-refractivity contribution is 5.76. The average molecular weight is 272 g/mol. The quantitative estimate of drug-likeness (QED) is 0.787. The molecule has 0 aliphatic carbocycles. The molecule has 6 nitrogen and oxygen atoms in total. The highest BCUT2D eigenvalue weighted by Crippen LogP contribution is 2.17. The molecule has 19 heavy (non-hydrogen) atoms. The smallest absolute Gasteiger partial charge is 0.317 e. The fourth-order valence-corrected chi connectivity index (χ4v) is 2.19. The maximum atomic E-state index is 12.1. The summed E-state index contributed by atoms with van der Waals surface area (Å²) in [5.74, 6) is -1.00. The van der Waals surface area contributed by atoms with E-state index in [1.807, 2.05) is 13.8 Å². The van der Waals surface area contributed by atoms with Gasteiger partial charge >= 0.3 is 12.0 Å². The molecule has 0 aromatic heterocycles. The van der Waals surface area contributed by atoms with E-state index in [4.69, 9.17) is 9.84 Å². The zero-order chi connectivity index (χ0) is 14.4. The molecule has 0 bridgehead atoms. The topological polar surface area (TPSA) is 78.9 Å². The predicted molar refractivity (Wildman–Crippen MR) is 71.0 cm³/mol. The monoisotopic (exact) mass is 272 g/mol. The molecule has 1 saturated heterocycles. The summed E-state index contributed by atoms with van der Waals surface area (Å²) < 4.78 is 5.09. The Kier molecular flexibility index (Phi) is 6.08. The summed E-state index contributed by atoms with van der Waals surface area (Å²) in [6, 6.07) is -0.246. The molecule has 0 aromatic carbocycles. The van der Waals surface area contributed by atoms with Crippen LogP contribution in [-0.2, 0) is 9.53 Å². The van der Waals surface area contributed by atoms with Crippen molar-refractivity contribution < 1.29 is 19.4 Å². The molecule has 1 heterocycles. The number of amides is 2. The number of carboxylic acids is 1. The molecule has 0 radical (unpaired) electrons. The molecule has 0 aromatic rings. The summed E-state index contributed by atoms with van der Waals surface area (Å²) in [5, 5.41) is 11.9. The molecule has 1 aliphatic rings. The number of ether oxygens (including phenoxy) is 1. The Balaban J connectivity index is 2.54. The van der Waals surface area contributed by atoms with Gasteiger partial charge in [0.05, 0.1) is 18.6 Å². The number of likely N-dealkylation sites (tertiary alicyclic amines) is 1. The lowest BCUT2D eigenvalue weighted by Crippen LogP contribution is -2.52. The van der Waals surface area contributed by atoms with Gasteiger partial charge in [-0.3, -0.25) is 4.79 Å². The van der Waals surface area contributed by atoms with Gasteiger partial charge in [-0.05, 0) is 18.8 Å². The van der Waals surface area contributed by atoms with Crippen molar-refractivity contribution in [2.45, 2.75) is 32.7 Å². The van der Waals surface area contributed by atoms with Gasteiger partial charge in [0.2, 0.25) is 0 Å². The summed E-state index contributed by atoms with van der Waals surface area (Å²) in [6.45, 7) is 5.40. The molecular weight excluding hydrogens is 248 g/mol. The van der Waals surface area contributed by atoms with Crippen molar-refractivity contribution in [2.24, 2.45) is 11.8 Å². The summed E-state index contributed by atoms with van der Waals surface area (Å²) in [5.41, 5.74) is 0. The lowest BCUT2D eigenvalue weighted by Gasteiger charge is -2.33. The first kappa shape index (κ1) is 15.8. The minimum atomic E-state index is -0.824. The molecule has 1 aliphatic heterocycles. The number of hydrogen-bond donors (Lipinski definition) is 2. The first-order valence-electron chi connectivity index (χ1n) is 6.72. The van der Waals surface area contributed by atoms with Gasteiger partial charge in [-0.25, -0.2) is 4.79 Å². The maximum Gasteiger partial charge on any atom is 0.317 e. The van der Waals surface area contributed by atoms with Crippen molar-refractivity contribution in [3.05, 3.63) is 0 Å². The Hall–Kier alpha value is -1.30. The van der Waals surface area contributed by atoms with Crippen LogP contribution < -0.4 is 5.32 Å². The number of rotatable bonds is 5. The minimum absolute atomic E-state index is 0.0531. The fourth-order valence-electron chi connectivity index (χ4n) is 2.19. The summed E-state index contributed by atoms with van der Waals surface area (Å²) >= 11 is 0. The zero-order valence-electron chi connectivity index (χ0n) is 11.9. The van der Waals surface area contributed by atoms with E-state index < -0.39 is 11.9 Å². The molecule has 0 spiro atoms. The number of carbonyl (C=O) groups is 2. The van der Waals surface area contributed by atoms with Crippen LogP contribution in [0.2, 0.25) is 0 Å². The van der Waals surface area contributed by atoms with Gasteiger partial charge in [0.15, 0.2) is 0 Å². The van der Waals surface area contributed by atoms with Crippen molar-refractivity contribution in [3.8, 4) is 0 Å². The molecule has 1 fully saturated rings. The van der Waals surface area contributed by atoms with E-state index in [0.717, 1.165) is 6.42 Å². The van der Waals surface area contributed by atoms with E-state index in [2.05, 4.69) is 5.32 Å². The Labute approximate surface area is 114 Å². The second-order valence-electron chi connectivity index (χ2n) is 5.38. The lowest BCUT2D eigenvalue weighted by molar-refractivity contribution is -0.143. The number of carboxylic acid groups (broad SMARTS) is 1. The predicted octanol–water partition coefficient (Wildman–Crippen LogP) is 1.16. The molecule has 1 unspecified atom stereocenters. The van der Waals surface area contributed by atoms with Gasteiger partial charge in [-0.2, -0.15) is 0 Å². The number of nitrogens with zero attached hydrogens (tertiary/aromatic N) is 1. The van der Waals surface area contributed by atoms with Crippen LogP contribution in [0.15, 0.2) is 0 Å². The minimum Gasteiger partial charge on any atom is -0.481 e. The Morgan fingerprint density at radius 3 is 2.68 bits per heavy atom. The van der Waals surface area contributed by atoms with Crippen molar-refractivity contribution in [2.75, 3.05) is 26.8 Å². The average Bonchev–Trinajstić information content (AvgIpc) is 2.38. The number of piperidine rings is 1. The fraction of sp³-hybridized carbons (Fsp3) is 0.846. The van der Waals surface area contributed by atoms with Crippen molar-refractivity contribution >= 4 is 12.0 Å². The second kappa shape index (κ2) is 7.33. The van der Waals surface area contributed by atoms with Crippen LogP contribution >= 0.6 is 0 Å². The molecule has 2 amide bonds. The number of carbonyl (C=O) groups excluding carboxylic acids is 1. The lowest BCUT2D eigenvalue weighted by atomic mass is 9.98. The van der Waals surface area contributed by atoms with Gasteiger partial charge in [0, 0.05) is 20.2 Å². The van der Waals surface area contributed by atoms with Crippen LogP contribution in [0.5, 0.6) is 0 Å². The molecule has 2 N–H and O–H groups in total. The van der Waals surface area contributed by atoms with Crippen molar-refractivity contribution in [1.29, 1.82) is 0 Å². The highest BCUT2D eigenvalue weighted by Gasteiger charge is 2.29. The van der Waals surface area contributed by atoms with E-state index >= 15 is 0 Å². The van der Waals surface area contributed by atoms with Gasteiger partial charge in [-0.15, -0.1) is 0 Å². The SMILES string of the molecule is COCC(NC(=O)N1CCC[C@H](C(=O)O)C1)C(C)C. The van der Waals surface area contributed by atoms with E-state index in [-0.39, 0.29) is 18.0 Å². The first-order valence-corrected chi connectivity index (χ1v) is 6.72. The number of nitrogens with one attached hydrogen (secondary N) is 1. The van der Waals surface area contributed by atoms with E-state index in [0.29, 0.717) is 26.1 Å². The molecule has 110 valence electrons. The molecule has 2 atom stereocenters. The van der Waals surface area contributed by atoms with E-state index in [1.54, 1.807) is 12.0 Å². The third-order valence-electron chi connectivity index (χ3n) is 3.52. The van der Waals surface area contributed by atoms with Crippen molar-refractivity contribution in [3.63, 3.8) is 0 Å². The molecule has 0 saturated carbocycles. The van der Waals surface area contributed by atoms with Crippen LogP contribution in [0.3, 0.4) is 0 Å². The van der Waals surface area contributed by atoms with Gasteiger partial charge in [0.1, 0.15) is 0 Å². The number of urea groups is 1. The van der Waals surface area contributed by atoms with Crippen LogP contribution in [0.4, 0.5) is 4.79 Å². The third-order valence-corrected chi connectivity index (χ3v) is 3.52. The Morgan fingerprint density at radius 1 is 1.47 bits per heavy atom. The first-order chi connectivity index (χ1) is 8.95. The van der Waals surface area contributed by atoms with Gasteiger partial charge in [-0.1, -0.05) is 13.8 Å².